The van der Waals surface area contributed by atoms with Crippen LogP contribution in [-0.2, 0) is 4.79 Å². The number of carbonyl (C=O) groups is 1. The number of carbonyl (C=O) groups excluding carboxylic acids is 1. The number of hydrogen-bond acceptors (Lipinski definition) is 2. The van der Waals surface area contributed by atoms with Gasteiger partial charge in [0.1, 0.15) is 0 Å². The lowest BCUT2D eigenvalue weighted by Gasteiger charge is -2.39. The first-order chi connectivity index (χ1) is 9.58. The summed E-state index contributed by atoms with van der Waals surface area (Å²) < 4.78 is 0. The normalized spacial score (nSPS) is 23.9. The molecule has 0 aromatic heterocycles. The first kappa shape index (κ1) is 15.7. The molecule has 0 spiro atoms. The largest absolute Gasteiger partial charge is 0.392 e. The van der Waals surface area contributed by atoms with E-state index in [4.69, 9.17) is 18.0 Å². The molecule has 2 N–H and O–H groups in total. The molecule has 0 bridgehead atoms. The fourth-order valence-corrected chi connectivity index (χ4v) is 4.16. The van der Waals surface area contributed by atoms with Gasteiger partial charge in [-0.25, -0.2) is 0 Å². The number of nitrogens with zero attached hydrogens (tertiary/aromatic N) is 1. The third-order valence-corrected chi connectivity index (χ3v) is 5.67. The van der Waals surface area contributed by atoms with Crippen LogP contribution in [0.15, 0.2) is 0 Å². The van der Waals surface area contributed by atoms with Gasteiger partial charge in [-0.3, -0.25) is 4.79 Å². The highest BCUT2D eigenvalue weighted by atomic mass is 32.1. The smallest absolute Gasteiger partial charge is 0.235 e. The Balaban J connectivity index is 2.15. The van der Waals surface area contributed by atoms with Crippen LogP contribution in [-0.4, -0.2) is 28.9 Å². The number of rotatable bonds is 3. The molecule has 0 atom stereocenters. The molecule has 2 aliphatic rings. The van der Waals surface area contributed by atoms with Gasteiger partial charge in [0.15, 0.2) is 0 Å². The van der Waals surface area contributed by atoms with Crippen LogP contribution in [0.5, 0.6) is 0 Å². The van der Waals surface area contributed by atoms with Gasteiger partial charge in [-0.2, -0.15) is 0 Å². The molecule has 0 saturated heterocycles. The number of hydrogen-bond donors (Lipinski definition) is 1. The first-order valence-corrected chi connectivity index (χ1v) is 8.56. The summed E-state index contributed by atoms with van der Waals surface area (Å²) in [5.74, 6) is 0.193. The molecule has 0 aromatic rings. The molecule has 2 aliphatic carbocycles. The minimum absolute atomic E-state index is 0.193. The molecule has 0 aromatic carbocycles. The molecule has 0 heterocycles. The molecular formula is C16H28N2OS. The van der Waals surface area contributed by atoms with E-state index >= 15 is 0 Å². The zero-order chi connectivity index (χ0) is 14.6. The molecule has 3 nitrogen and oxygen atoms in total. The van der Waals surface area contributed by atoms with Gasteiger partial charge < -0.3 is 10.6 Å². The van der Waals surface area contributed by atoms with Gasteiger partial charge in [-0.1, -0.05) is 57.2 Å². The van der Waals surface area contributed by atoms with Crippen molar-refractivity contribution in [2.45, 2.75) is 76.7 Å². The maximum Gasteiger partial charge on any atom is 0.235 e. The van der Waals surface area contributed by atoms with E-state index in [1.807, 2.05) is 11.9 Å². The van der Waals surface area contributed by atoms with Gasteiger partial charge in [0, 0.05) is 13.1 Å². The standard InChI is InChI=1S/C16H28N2OS/c1-18(13-9-5-4-6-10-13)15(19)16(14(17)20)11-7-2-3-8-12-16/h13H,2-12H2,1H3,(H2,17,20). The zero-order valence-electron chi connectivity index (χ0n) is 12.7. The van der Waals surface area contributed by atoms with Crippen molar-refractivity contribution in [3.63, 3.8) is 0 Å². The maximum atomic E-state index is 13.1. The summed E-state index contributed by atoms with van der Waals surface area (Å²) in [6.45, 7) is 0. The Bertz CT molecular complexity index is 355. The van der Waals surface area contributed by atoms with Crippen LogP contribution in [0.1, 0.15) is 70.6 Å². The lowest BCUT2D eigenvalue weighted by Crippen LogP contribution is -2.52. The molecule has 4 heteroatoms. The second kappa shape index (κ2) is 6.88. The van der Waals surface area contributed by atoms with Crippen molar-refractivity contribution in [3.8, 4) is 0 Å². The minimum Gasteiger partial charge on any atom is -0.392 e. The molecule has 2 saturated carbocycles. The minimum atomic E-state index is -0.558. The van der Waals surface area contributed by atoms with Crippen molar-refractivity contribution in [1.29, 1.82) is 0 Å². The Labute approximate surface area is 128 Å². The average molecular weight is 296 g/mol. The van der Waals surface area contributed by atoms with E-state index in [2.05, 4.69) is 0 Å². The average Bonchev–Trinajstić information content (AvgIpc) is 2.73. The highest BCUT2D eigenvalue weighted by Gasteiger charge is 2.44. The van der Waals surface area contributed by atoms with Crippen molar-refractivity contribution < 1.29 is 4.79 Å². The van der Waals surface area contributed by atoms with Crippen molar-refractivity contribution in [3.05, 3.63) is 0 Å². The number of amides is 1. The Morgan fingerprint density at radius 2 is 1.55 bits per heavy atom. The summed E-state index contributed by atoms with van der Waals surface area (Å²) in [6, 6.07) is 0.394. The van der Waals surface area contributed by atoms with Crippen LogP contribution in [0.4, 0.5) is 0 Å². The van der Waals surface area contributed by atoms with Crippen molar-refractivity contribution in [1.82, 2.24) is 4.90 Å². The van der Waals surface area contributed by atoms with E-state index in [1.54, 1.807) is 0 Å². The SMILES string of the molecule is CN(C(=O)C1(C(N)=S)CCCCCC1)C1CCCCC1. The van der Waals surface area contributed by atoms with Gasteiger partial charge in [-0.05, 0) is 25.7 Å². The van der Waals surface area contributed by atoms with Gasteiger partial charge in [-0.15, -0.1) is 0 Å². The summed E-state index contributed by atoms with van der Waals surface area (Å²) >= 11 is 5.32. The van der Waals surface area contributed by atoms with Crippen LogP contribution in [0.3, 0.4) is 0 Å². The van der Waals surface area contributed by atoms with Gasteiger partial charge in [0.2, 0.25) is 5.91 Å². The van der Waals surface area contributed by atoms with Crippen LogP contribution >= 0.6 is 12.2 Å². The second-order valence-corrected chi connectivity index (χ2v) is 7.01. The summed E-state index contributed by atoms with van der Waals surface area (Å²) in [5, 5.41) is 0. The lowest BCUT2D eigenvalue weighted by molar-refractivity contribution is -0.140. The van der Waals surface area contributed by atoms with Gasteiger partial charge in [0.25, 0.3) is 0 Å². The highest BCUT2D eigenvalue weighted by Crippen LogP contribution is 2.38. The van der Waals surface area contributed by atoms with E-state index in [-0.39, 0.29) is 5.91 Å². The summed E-state index contributed by atoms with van der Waals surface area (Å²) in [6.07, 6.45) is 12.3. The Hall–Kier alpha value is -0.640. The van der Waals surface area contributed by atoms with E-state index in [0.717, 1.165) is 38.5 Å². The molecular weight excluding hydrogens is 268 g/mol. The van der Waals surface area contributed by atoms with Crippen LogP contribution in [0, 0.1) is 5.41 Å². The second-order valence-electron chi connectivity index (χ2n) is 6.57. The molecule has 0 radical (unpaired) electrons. The summed E-state index contributed by atoms with van der Waals surface area (Å²) in [7, 11) is 1.96. The van der Waals surface area contributed by atoms with Crippen LogP contribution in [0.25, 0.3) is 0 Å². The number of nitrogens with two attached hydrogens (primary N) is 1. The lowest BCUT2D eigenvalue weighted by atomic mass is 9.78. The van der Waals surface area contributed by atoms with Crippen molar-refractivity contribution in [2.24, 2.45) is 11.1 Å². The Kier molecular flexibility index (Phi) is 5.42. The van der Waals surface area contributed by atoms with E-state index in [0.29, 0.717) is 11.0 Å². The fraction of sp³-hybridized carbons (Fsp3) is 0.875. The van der Waals surface area contributed by atoms with E-state index in [1.165, 1.54) is 32.1 Å². The third-order valence-electron chi connectivity index (χ3n) is 5.28. The Morgan fingerprint density at radius 3 is 2.05 bits per heavy atom. The zero-order valence-corrected chi connectivity index (χ0v) is 13.5. The highest BCUT2D eigenvalue weighted by molar-refractivity contribution is 7.80. The van der Waals surface area contributed by atoms with Gasteiger partial charge >= 0.3 is 0 Å². The first-order valence-electron chi connectivity index (χ1n) is 8.15. The van der Waals surface area contributed by atoms with Gasteiger partial charge in [0.05, 0.1) is 10.4 Å². The van der Waals surface area contributed by atoms with Crippen molar-refractivity contribution >= 4 is 23.1 Å². The quantitative estimate of drug-likeness (QED) is 0.641. The maximum absolute atomic E-state index is 13.1. The third kappa shape index (κ3) is 3.16. The Morgan fingerprint density at radius 1 is 1.05 bits per heavy atom. The molecule has 0 unspecified atom stereocenters. The van der Waals surface area contributed by atoms with E-state index in [9.17, 15) is 4.79 Å². The molecule has 0 aliphatic heterocycles. The topological polar surface area (TPSA) is 46.3 Å². The summed E-state index contributed by atoms with van der Waals surface area (Å²) in [4.78, 5) is 15.5. The fourth-order valence-electron chi connectivity index (χ4n) is 3.87. The molecule has 2 fully saturated rings. The number of thiocarbonyl (C=S) groups is 1. The van der Waals surface area contributed by atoms with Crippen LogP contribution < -0.4 is 5.73 Å². The molecule has 2 rings (SSSR count). The molecule has 114 valence electrons. The van der Waals surface area contributed by atoms with Crippen molar-refractivity contribution in [2.75, 3.05) is 7.05 Å². The molecule has 1 amide bonds. The summed E-state index contributed by atoms with van der Waals surface area (Å²) in [5.41, 5.74) is 5.47. The van der Waals surface area contributed by atoms with E-state index < -0.39 is 5.41 Å². The monoisotopic (exact) mass is 296 g/mol. The molecule has 20 heavy (non-hydrogen) atoms. The predicted molar refractivity (Wildman–Crippen MR) is 86.6 cm³/mol. The van der Waals surface area contributed by atoms with Crippen LogP contribution in [0.2, 0.25) is 0 Å². The predicted octanol–water partition coefficient (Wildman–Crippen LogP) is 3.40.